The van der Waals surface area contributed by atoms with Crippen LogP contribution in [0.15, 0.2) is 0 Å². The first-order valence-electron chi connectivity index (χ1n) is 2.10. The Balaban J connectivity index is 2.18. The number of rotatable bonds is 0. The molecular formula is C4H8NS. The smallest absolute Gasteiger partial charge is 0.0786 e. The van der Waals surface area contributed by atoms with Crippen molar-refractivity contribution in [3.63, 3.8) is 0 Å². The van der Waals surface area contributed by atoms with Gasteiger partial charge in [0.2, 0.25) is 0 Å². The van der Waals surface area contributed by atoms with Crippen molar-refractivity contribution in [2.45, 2.75) is 12.2 Å². The molecule has 0 aromatic rings. The Morgan fingerprint density at radius 3 is 3.00 bits per heavy atom. The van der Waals surface area contributed by atoms with Crippen LogP contribution in [-0.2, 0) is 0 Å². The Hall–Kier alpha value is 0.310. The number of nitrogens with one attached hydrogen (secondary N) is 1. The topological polar surface area (TPSA) is 12.0 Å². The molecule has 1 radical (unpaired) electrons. The van der Waals surface area contributed by atoms with Crippen LogP contribution < -0.4 is 5.32 Å². The molecule has 0 bridgehead atoms. The average Bonchev–Trinajstić information content (AvgIpc) is 1.86. The van der Waals surface area contributed by atoms with Crippen LogP contribution in [0.3, 0.4) is 0 Å². The summed E-state index contributed by atoms with van der Waals surface area (Å²) in [7, 11) is 0. The van der Waals surface area contributed by atoms with Crippen molar-refractivity contribution in [1.82, 2.24) is 5.32 Å². The molecule has 0 aromatic carbocycles. The van der Waals surface area contributed by atoms with E-state index in [1.807, 2.05) is 17.6 Å². The molecule has 1 fully saturated rings. The van der Waals surface area contributed by atoms with E-state index in [1.54, 1.807) is 0 Å². The van der Waals surface area contributed by atoms with E-state index in [0.717, 1.165) is 11.8 Å². The van der Waals surface area contributed by atoms with Crippen LogP contribution >= 0.6 is 11.8 Å². The maximum Gasteiger partial charge on any atom is 0.0786 e. The van der Waals surface area contributed by atoms with Gasteiger partial charge in [-0.05, 0) is 0 Å². The zero-order chi connectivity index (χ0) is 4.41. The summed E-state index contributed by atoms with van der Waals surface area (Å²) in [6.45, 7) is 3.35. The Kier molecular flexibility index (Phi) is 1.37. The molecule has 1 N–H and O–H groups in total. The van der Waals surface area contributed by atoms with Gasteiger partial charge in [0.15, 0.2) is 0 Å². The molecule has 1 saturated heterocycles. The fourth-order valence-electron chi connectivity index (χ4n) is 0.426. The molecule has 1 atom stereocenters. The van der Waals surface area contributed by atoms with Gasteiger partial charge in [-0.1, -0.05) is 6.92 Å². The average molecular weight is 102 g/mol. The van der Waals surface area contributed by atoms with Crippen molar-refractivity contribution in [1.29, 1.82) is 0 Å². The highest BCUT2D eigenvalue weighted by molar-refractivity contribution is 8.02. The summed E-state index contributed by atoms with van der Waals surface area (Å²) >= 11 is 1.86. The van der Waals surface area contributed by atoms with E-state index >= 15 is 0 Å². The van der Waals surface area contributed by atoms with Gasteiger partial charge in [-0.25, -0.2) is 0 Å². The highest BCUT2D eigenvalue weighted by Crippen LogP contribution is 2.16. The molecule has 1 heterocycles. The minimum atomic E-state index is 0.796. The van der Waals surface area contributed by atoms with Gasteiger partial charge in [-0.2, -0.15) is 0 Å². The molecule has 0 saturated carbocycles. The molecule has 1 aliphatic rings. The van der Waals surface area contributed by atoms with Crippen LogP contribution in [0.5, 0.6) is 0 Å². The first-order valence-corrected chi connectivity index (χ1v) is 3.04. The van der Waals surface area contributed by atoms with E-state index in [-0.39, 0.29) is 0 Å². The second-order valence-electron chi connectivity index (χ2n) is 1.47. The summed E-state index contributed by atoms with van der Waals surface area (Å²) < 4.78 is 0. The molecule has 0 amide bonds. The molecule has 0 aliphatic carbocycles. The van der Waals surface area contributed by atoms with Crippen LogP contribution in [0.2, 0.25) is 0 Å². The maximum absolute atomic E-state index is 3.11. The minimum absolute atomic E-state index is 0.796. The first kappa shape index (κ1) is 4.47. The molecule has 1 aliphatic heterocycles. The normalized spacial score (nSPS) is 34.5. The van der Waals surface area contributed by atoms with Gasteiger partial charge in [0.25, 0.3) is 0 Å². The summed E-state index contributed by atoms with van der Waals surface area (Å²) in [5, 5.41) is 3.91. The van der Waals surface area contributed by atoms with Crippen molar-refractivity contribution in [2.75, 3.05) is 6.54 Å². The fraction of sp³-hybridized carbons (Fsp3) is 0.750. The van der Waals surface area contributed by atoms with Crippen molar-refractivity contribution >= 4 is 11.8 Å². The number of hydrogen-bond donors (Lipinski definition) is 1. The Morgan fingerprint density at radius 1 is 2.00 bits per heavy atom. The highest BCUT2D eigenvalue weighted by atomic mass is 32.2. The Bertz CT molecular complexity index is 40.8. The molecule has 0 aromatic heterocycles. The molecule has 1 unspecified atom stereocenters. The summed E-state index contributed by atoms with van der Waals surface area (Å²) in [6, 6.07) is 0. The quantitative estimate of drug-likeness (QED) is 0.486. The molecule has 6 heavy (non-hydrogen) atoms. The molecule has 0 spiro atoms. The van der Waals surface area contributed by atoms with Crippen LogP contribution in [0.1, 0.15) is 6.92 Å². The Labute approximate surface area is 42.5 Å². The standard InChI is InChI=1S/C4H8NS/c1-4-2-5-3-6-4/h3-5H,2H2,1H3. The fourth-order valence-corrected chi connectivity index (χ4v) is 1.04. The van der Waals surface area contributed by atoms with Crippen LogP contribution in [0, 0.1) is 5.88 Å². The van der Waals surface area contributed by atoms with Gasteiger partial charge in [-0.3, -0.25) is 0 Å². The summed E-state index contributed by atoms with van der Waals surface area (Å²) in [5.41, 5.74) is 0. The lowest BCUT2D eigenvalue weighted by molar-refractivity contribution is 0.849. The molecule has 1 rings (SSSR count). The molecule has 35 valence electrons. The molecule has 1 nitrogen and oxygen atoms in total. The van der Waals surface area contributed by atoms with Crippen molar-refractivity contribution < 1.29 is 0 Å². The largest absolute Gasteiger partial charge is 0.302 e. The SMILES string of the molecule is CC1CN[CH]S1. The summed E-state index contributed by atoms with van der Waals surface area (Å²) in [5.74, 6) is 2.05. The lowest BCUT2D eigenvalue weighted by Gasteiger charge is -1.89. The van der Waals surface area contributed by atoms with Gasteiger partial charge in [-0.15, -0.1) is 11.8 Å². The monoisotopic (exact) mass is 102 g/mol. The third kappa shape index (κ3) is 0.884. The van der Waals surface area contributed by atoms with Gasteiger partial charge in [0.05, 0.1) is 5.88 Å². The number of thioether (sulfide) groups is 1. The molecular weight excluding hydrogens is 94.1 g/mol. The van der Waals surface area contributed by atoms with Gasteiger partial charge >= 0.3 is 0 Å². The van der Waals surface area contributed by atoms with Crippen molar-refractivity contribution in [2.24, 2.45) is 0 Å². The first-order chi connectivity index (χ1) is 2.89. The predicted octanol–water partition coefficient (Wildman–Crippen LogP) is 0.831. The zero-order valence-electron chi connectivity index (χ0n) is 3.77. The number of hydrogen-bond acceptors (Lipinski definition) is 2. The van der Waals surface area contributed by atoms with E-state index < -0.39 is 0 Å². The lowest BCUT2D eigenvalue weighted by atomic mass is 10.5. The van der Waals surface area contributed by atoms with Gasteiger partial charge in [0, 0.05) is 11.8 Å². The van der Waals surface area contributed by atoms with E-state index in [0.29, 0.717) is 0 Å². The second-order valence-corrected chi connectivity index (χ2v) is 2.79. The van der Waals surface area contributed by atoms with Gasteiger partial charge in [0.1, 0.15) is 0 Å². The zero-order valence-corrected chi connectivity index (χ0v) is 4.59. The van der Waals surface area contributed by atoms with Crippen molar-refractivity contribution in [3.05, 3.63) is 5.88 Å². The van der Waals surface area contributed by atoms with Crippen molar-refractivity contribution in [3.8, 4) is 0 Å². The maximum atomic E-state index is 3.11. The van der Waals surface area contributed by atoms with Crippen LogP contribution in [-0.4, -0.2) is 11.8 Å². The van der Waals surface area contributed by atoms with E-state index in [1.165, 1.54) is 0 Å². The minimum Gasteiger partial charge on any atom is -0.302 e. The second kappa shape index (κ2) is 1.85. The van der Waals surface area contributed by atoms with Crippen LogP contribution in [0.4, 0.5) is 0 Å². The lowest BCUT2D eigenvalue weighted by Crippen LogP contribution is -2.06. The molecule has 2 heteroatoms. The summed E-state index contributed by atoms with van der Waals surface area (Å²) in [6.07, 6.45) is 0. The van der Waals surface area contributed by atoms with Crippen LogP contribution in [0.25, 0.3) is 0 Å². The third-order valence-electron chi connectivity index (χ3n) is 0.789. The van der Waals surface area contributed by atoms with E-state index in [4.69, 9.17) is 0 Å². The summed E-state index contributed by atoms with van der Waals surface area (Å²) in [4.78, 5) is 0. The predicted molar refractivity (Wildman–Crippen MR) is 29.4 cm³/mol. The van der Waals surface area contributed by atoms with E-state index in [2.05, 4.69) is 12.2 Å². The Morgan fingerprint density at radius 2 is 2.83 bits per heavy atom. The third-order valence-corrected chi connectivity index (χ3v) is 1.72. The van der Waals surface area contributed by atoms with Gasteiger partial charge < -0.3 is 5.32 Å². The van der Waals surface area contributed by atoms with E-state index in [9.17, 15) is 0 Å². The highest BCUT2D eigenvalue weighted by Gasteiger charge is 2.07.